The van der Waals surface area contributed by atoms with Crippen LogP contribution in [0.3, 0.4) is 0 Å². The van der Waals surface area contributed by atoms with Crippen molar-refractivity contribution < 1.29 is 0 Å². The third kappa shape index (κ3) is 4.11. The lowest BCUT2D eigenvalue weighted by Crippen LogP contribution is -2.30. The predicted octanol–water partition coefficient (Wildman–Crippen LogP) is 3.89. The Labute approximate surface area is 113 Å². The molecule has 0 saturated heterocycles. The summed E-state index contributed by atoms with van der Waals surface area (Å²) in [5.74, 6) is 0. The summed E-state index contributed by atoms with van der Waals surface area (Å²) >= 11 is 3.62. The third-order valence-corrected chi connectivity index (χ3v) is 3.45. The smallest absolute Gasteiger partial charge is 0.0695 e. The van der Waals surface area contributed by atoms with Crippen molar-refractivity contribution in [2.75, 3.05) is 0 Å². The number of hydrogen-bond donors (Lipinski definition) is 1. The van der Waals surface area contributed by atoms with Crippen LogP contribution in [-0.2, 0) is 6.54 Å². The van der Waals surface area contributed by atoms with Crippen molar-refractivity contribution in [2.45, 2.75) is 65.6 Å². The molecule has 1 atom stereocenters. The van der Waals surface area contributed by atoms with Gasteiger partial charge in [-0.2, -0.15) is 5.10 Å². The second-order valence-corrected chi connectivity index (χ2v) is 5.56. The van der Waals surface area contributed by atoms with E-state index in [9.17, 15) is 0 Å². The van der Waals surface area contributed by atoms with Gasteiger partial charge in [0.2, 0.25) is 0 Å². The Bertz CT molecular complexity index is 333. The molecular weight excluding hydrogens is 278 g/mol. The minimum Gasteiger partial charge on any atom is -0.306 e. The van der Waals surface area contributed by atoms with Gasteiger partial charge in [-0.3, -0.25) is 4.68 Å². The van der Waals surface area contributed by atoms with Crippen LogP contribution in [0.5, 0.6) is 0 Å². The van der Waals surface area contributed by atoms with Crippen LogP contribution in [0, 0.1) is 0 Å². The maximum absolute atomic E-state index is 4.40. The van der Waals surface area contributed by atoms with E-state index in [4.69, 9.17) is 0 Å². The molecule has 17 heavy (non-hydrogen) atoms. The van der Waals surface area contributed by atoms with Crippen molar-refractivity contribution >= 4 is 15.9 Å². The maximum Gasteiger partial charge on any atom is 0.0695 e. The molecule has 1 heterocycles. The summed E-state index contributed by atoms with van der Waals surface area (Å²) in [6.07, 6.45) is 5.54. The first-order valence-electron chi connectivity index (χ1n) is 6.57. The van der Waals surface area contributed by atoms with E-state index in [0.717, 1.165) is 11.0 Å². The SMILES string of the molecule is CCCCC(NC(C)C)c1c(Br)cnn1CC. The first-order chi connectivity index (χ1) is 8.10. The van der Waals surface area contributed by atoms with Gasteiger partial charge in [-0.1, -0.05) is 33.6 Å². The Hall–Kier alpha value is -0.350. The highest BCUT2D eigenvalue weighted by molar-refractivity contribution is 9.10. The molecule has 0 bridgehead atoms. The summed E-state index contributed by atoms with van der Waals surface area (Å²) in [4.78, 5) is 0. The Morgan fingerprint density at radius 1 is 1.41 bits per heavy atom. The molecule has 1 aromatic rings. The summed E-state index contributed by atoms with van der Waals surface area (Å²) in [7, 11) is 0. The van der Waals surface area contributed by atoms with Crippen LogP contribution in [0.15, 0.2) is 10.7 Å². The van der Waals surface area contributed by atoms with Gasteiger partial charge < -0.3 is 5.32 Å². The summed E-state index contributed by atoms with van der Waals surface area (Å²) in [6, 6.07) is 0.885. The topological polar surface area (TPSA) is 29.9 Å². The van der Waals surface area contributed by atoms with E-state index in [1.807, 2.05) is 6.20 Å². The first-order valence-corrected chi connectivity index (χ1v) is 7.36. The van der Waals surface area contributed by atoms with E-state index in [0.29, 0.717) is 12.1 Å². The molecule has 1 unspecified atom stereocenters. The van der Waals surface area contributed by atoms with Crippen LogP contribution >= 0.6 is 15.9 Å². The highest BCUT2D eigenvalue weighted by Crippen LogP contribution is 2.27. The zero-order valence-corrected chi connectivity index (χ0v) is 12.9. The van der Waals surface area contributed by atoms with Crippen molar-refractivity contribution in [3.05, 3.63) is 16.4 Å². The van der Waals surface area contributed by atoms with Crippen LogP contribution < -0.4 is 5.32 Å². The molecule has 0 aliphatic heterocycles. The van der Waals surface area contributed by atoms with Gasteiger partial charge in [0.15, 0.2) is 0 Å². The van der Waals surface area contributed by atoms with E-state index in [-0.39, 0.29) is 0 Å². The van der Waals surface area contributed by atoms with Crippen molar-refractivity contribution in [3.8, 4) is 0 Å². The van der Waals surface area contributed by atoms with Crippen molar-refractivity contribution in [1.29, 1.82) is 0 Å². The van der Waals surface area contributed by atoms with Crippen LogP contribution in [0.4, 0.5) is 0 Å². The van der Waals surface area contributed by atoms with Crippen LogP contribution in [-0.4, -0.2) is 15.8 Å². The van der Waals surface area contributed by atoms with Crippen LogP contribution in [0.1, 0.15) is 58.7 Å². The van der Waals surface area contributed by atoms with E-state index >= 15 is 0 Å². The standard InChI is InChI=1S/C13H24BrN3/c1-5-7-8-12(16-10(3)4)13-11(14)9-15-17(13)6-2/h9-10,12,16H,5-8H2,1-4H3. The molecule has 1 N–H and O–H groups in total. The number of halogens is 1. The summed E-state index contributed by atoms with van der Waals surface area (Å²) < 4.78 is 3.20. The van der Waals surface area contributed by atoms with E-state index in [1.165, 1.54) is 25.0 Å². The number of unbranched alkanes of at least 4 members (excludes halogenated alkanes) is 1. The zero-order chi connectivity index (χ0) is 12.8. The predicted molar refractivity (Wildman–Crippen MR) is 76.1 cm³/mol. The van der Waals surface area contributed by atoms with E-state index in [2.05, 4.69) is 58.7 Å². The van der Waals surface area contributed by atoms with Gasteiger partial charge in [-0.25, -0.2) is 0 Å². The summed E-state index contributed by atoms with van der Waals surface area (Å²) in [6.45, 7) is 9.68. The Kier molecular flexibility index (Phi) is 6.20. The molecule has 0 saturated carbocycles. The first kappa shape index (κ1) is 14.7. The molecule has 0 aliphatic carbocycles. The average Bonchev–Trinajstić information content (AvgIpc) is 2.65. The second kappa shape index (κ2) is 7.17. The number of rotatable bonds is 7. The van der Waals surface area contributed by atoms with E-state index < -0.39 is 0 Å². The molecule has 98 valence electrons. The lowest BCUT2D eigenvalue weighted by molar-refractivity contribution is 0.410. The average molecular weight is 302 g/mol. The van der Waals surface area contributed by atoms with Gasteiger partial charge in [0.25, 0.3) is 0 Å². The number of nitrogens with zero attached hydrogens (tertiary/aromatic N) is 2. The normalized spacial score (nSPS) is 13.3. The molecule has 0 aromatic carbocycles. The van der Waals surface area contributed by atoms with Crippen LogP contribution in [0.2, 0.25) is 0 Å². The fourth-order valence-corrected chi connectivity index (χ4v) is 2.65. The Morgan fingerprint density at radius 2 is 2.12 bits per heavy atom. The van der Waals surface area contributed by atoms with Gasteiger partial charge in [0.1, 0.15) is 0 Å². The second-order valence-electron chi connectivity index (χ2n) is 4.71. The monoisotopic (exact) mass is 301 g/mol. The Balaban J connectivity index is 2.89. The highest BCUT2D eigenvalue weighted by atomic mass is 79.9. The lowest BCUT2D eigenvalue weighted by atomic mass is 10.1. The van der Waals surface area contributed by atoms with Crippen LogP contribution in [0.25, 0.3) is 0 Å². The minimum atomic E-state index is 0.395. The zero-order valence-electron chi connectivity index (χ0n) is 11.3. The maximum atomic E-state index is 4.40. The van der Waals surface area contributed by atoms with Gasteiger partial charge in [-0.15, -0.1) is 0 Å². The number of aromatic nitrogens is 2. The molecule has 0 spiro atoms. The molecule has 0 radical (unpaired) electrons. The number of hydrogen-bond acceptors (Lipinski definition) is 2. The van der Waals surface area contributed by atoms with E-state index in [1.54, 1.807) is 0 Å². The molecule has 3 nitrogen and oxygen atoms in total. The molecule has 0 aliphatic rings. The van der Waals surface area contributed by atoms with Crippen molar-refractivity contribution in [1.82, 2.24) is 15.1 Å². The quantitative estimate of drug-likeness (QED) is 0.828. The summed E-state index contributed by atoms with van der Waals surface area (Å²) in [5.41, 5.74) is 1.29. The summed E-state index contributed by atoms with van der Waals surface area (Å²) in [5, 5.41) is 8.04. The molecule has 4 heteroatoms. The molecular formula is C13H24BrN3. The highest BCUT2D eigenvalue weighted by Gasteiger charge is 2.19. The number of aryl methyl sites for hydroxylation is 1. The molecule has 0 amide bonds. The van der Waals surface area contributed by atoms with Crippen molar-refractivity contribution in [2.24, 2.45) is 0 Å². The van der Waals surface area contributed by atoms with Gasteiger partial charge in [-0.05, 0) is 29.3 Å². The van der Waals surface area contributed by atoms with Gasteiger partial charge in [0.05, 0.1) is 22.4 Å². The minimum absolute atomic E-state index is 0.395. The van der Waals surface area contributed by atoms with Gasteiger partial charge in [0, 0.05) is 12.6 Å². The molecule has 1 rings (SSSR count). The molecule has 0 fully saturated rings. The fourth-order valence-electron chi connectivity index (χ4n) is 2.08. The van der Waals surface area contributed by atoms with Gasteiger partial charge >= 0.3 is 0 Å². The van der Waals surface area contributed by atoms with Crippen molar-refractivity contribution in [3.63, 3.8) is 0 Å². The lowest BCUT2D eigenvalue weighted by Gasteiger charge is -2.22. The fraction of sp³-hybridized carbons (Fsp3) is 0.769. The third-order valence-electron chi connectivity index (χ3n) is 2.84. The molecule has 1 aromatic heterocycles. The largest absolute Gasteiger partial charge is 0.306 e. The Morgan fingerprint density at radius 3 is 2.65 bits per heavy atom. The number of nitrogens with one attached hydrogen (secondary N) is 1.